The zero-order chi connectivity index (χ0) is 15.8. The molecule has 0 saturated carbocycles. The molecule has 0 bridgehead atoms. The third-order valence-corrected chi connectivity index (χ3v) is 4.76. The summed E-state index contributed by atoms with van der Waals surface area (Å²) >= 11 is 0. The lowest BCUT2D eigenvalue weighted by atomic mass is 9.96. The van der Waals surface area contributed by atoms with Crippen LogP contribution in [-0.2, 0) is 0 Å². The minimum atomic E-state index is -0.279. The number of fused-ring (bicyclic) bond motifs is 3. The number of Topliss-reactive ketones (excluding diaryl/α,β-unsaturated/α-hetero) is 1. The Hall–Kier alpha value is -2.86. The second-order valence-corrected chi connectivity index (χ2v) is 6.03. The van der Waals surface area contributed by atoms with E-state index < -0.39 is 0 Å². The molecule has 3 atom stereocenters. The van der Waals surface area contributed by atoms with Crippen molar-refractivity contribution in [1.82, 2.24) is 0 Å². The quantitative estimate of drug-likeness (QED) is 0.795. The van der Waals surface area contributed by atoms with Crippen molar-refractivity contribution in [1.29, 1.82) is 5.26 Å². The molecule has 2 aliphatic rings. The van der Waals surface area contributed by atoms with Crippen molar-refractivity contribution in [3.8, 4) is 6.07 Å². The van der Waals surface area contributed by atoms with Crippen LogP contribution in [-0.4, -0.2) is 17.9 Å². The molecule has 1 fully saturated rings. The fraction of sp³-hybridized carbons (Fsp3) is 0.200. The van der Waals surface area contributed by atoms with E-state index in [2.05, 4.69) is 23.1 Å². The molecule has 0 N–H and O–H groups in total. The van der Waals surface area contributed by atoms with Crippen molar-refractivity contribution in [3.05, 3.63) is 71.8 Å². The number of ketones is 1. The maximum Gasteiger partial charge on any atom is 0.185 e. The van der Waals surface area contributed by atoms with Gasteiger partial charge in [-0.3, -0.25) is 4.79 Å². The zero-order valence-electron chi connectivity index (χ0n) is 12.6. The molecular formula is C20H16N2O. The standard InChI is InChI=1S/C20H16N2O/c21-13-16-12-19(20(23)15-7-2-1-3-8-15)22-17-9-5-4-6-14(17)10-11-18(16)22/h1-11,16,18-19H,12H2/t16-,18+,19+/m0/s1. The van der Waals surface area contributed by atoms with Crippen LogP contribution in [0, 0.1) is 17.2 Å². The fourth-order valence-corrected chi connectivity index (χ4v) is 3.67. The molecule has 3 heteroatoms. The highest BCUT2D eigenvalue weighted by atomic mass is 16.1. The average molecular weight is 300 g/mol. The Kier molecular flexibility index (Phi) is 3.24. The normalized spacial score (nSPS) is 24.7. The summed E-state index contributed by atoms with van der Waals surface area (Å²) < 4.78 is 0. The predicted molar refractivity (Wildman–Crippen MR) is 90.0 cm³/mol. The Labute approximate surface area is 135 Å². The largest absolute Gasteiger partial charge is 0.353 e. The molecule has 0 aliphatic carbocycles. The highest BCUT2D eigenvalue weighted by Gasteiger charge is 2.45. The van der Waals surface area contributed by atoms with Gasteiger partial charge in [0, 0.05) is 11.3 Å². The lowest BCUT2D eigenvalue weighted by Crippen LogP contribution is -2.42. The van der Waals surface area contributed by atoms with Crippen molar-refractivity contribution in [2.24, 2.45) is 5.92 Å². The van der Waals surface area contributed by atoms with Gasteiger partial charge < -0.3 is 4.90 Å². The van der Waals surface area contributed by atoms with Crippen LogP contribution in [0.25, 0.3) is 6.08 Å². The summed E-state index contributed by atoms with van der Waals surface area (Å²) in [6.45, 7) is 0. The molecule has 2 aromatic carbocycles. The van der Waals surface area contributed by atoms with Gasteiger partial charge in [-0.2, -0.15) is 5.26 Å². The Morgan fingerprint density at radius 2 is 1.83 bits per heavy atom. The summed E-state index contributed by atoms with van der Waals surface area (Å²) in [4.78, 5) is 15.1. The van der Waals surface area contributed by atoms with Crippen LogP contribution < -0.4 is 4.90 Å². The topological polar surface area (TPSA) is 44.1 Å². The summed E-state index contributed by atoms with van der Waals surface area (Å²) in [7, 11) is 0. The van der Waals surface area contributed by atoms with E-state index >= 15 is 0 Å². The first-order valence-corrected chi connectivity index (χ1v) is 7.84. The maximum absolute atomic E-state index is 13.0. The van der Waals surface area contributed by atoms with Gasteiger partial charge in [-0.1, -0.05) is 60.7 Å². The molecule has 3 nitrogen and oxygen atoms in total. The molecule has 0 unspecified atom stereocenters. The summed E-state index contributed by atoms with van der Waals surface area (Å²) in [6, 6.07) is 19.5. The van der Waals surface area contributed by atoms with Crippen molar-refractivity contribution in [3.63, 3.8) is 0 Å². The van der Waals surface area contributed by atoms with Crippen molar-refractivity contribution in [2.75, 3.05) is 4.90 Å². The zero-order valence-corrected chi connectivity index (χ0v) is 12.6. The highest BCUT2D eigenvalue weighted by molar-refractivity contribution is 6.03. The van der Waals surface area contributed by atoms with Gasteiger partial charge in [-0.25, -0.2) is 0 Å². The fourth-order valence-electron chi connectivity index (χ4n) is 3.67. The summed E-state index contributed by atoms with van der Waals surface area (Å²) in [5, 5.41) is 9.50. The van der Waals surface area contributed by atoms with Crippen LogP contribution in [0.5, 0.6) is 0 Å². The second kappa shape index (κ2) is 5.40. The Morgan fingerprint density at radius 1 is 1.09 bits per heavy atom. The molecule has 2 aromatic rings. The molecule has 2 aliphatic heterocycles. The van der Waals surface area contributed by atoms with Crippen LogP contribution >= 0.6 is 0 Å². The van der Waals surface area contributed by atoms with Gasteiger partial charge in [0.05, 0.1) is 24.1 Å². The molecular weight excluding hydrogens is 284 g/mol. The van der Waals surface area contributed by atoms with Crippen molar-refractivity contribution < 1.29 is 4.79 Å². The van der Waals surface area contributed by atoms with E-state index in [4.69, 9.17) is 0 Å². The van der Waals surface area contributed by atoms with Gasteiger partial charge in [0.25, 0.3) is 0 Å². The van der Waals surface area contributed by atoms with Gasteiger partial charge in [0.2, 0.25) is 0 Å². The van der Waals surface area contributed by atoms with Gasteiger partial charge in [-0.15, -0.1) is 0 Å². The van der Waals surface area contributed by atoms with E-state index in [1.807, 2.05) is 54.6 Å². The molecule has 0 spiro atoms. The van der Waals surface area contributed by atoms with E-state index in [9.17, 15) is 10.1 Å². The van der Waals surface area contributed by atoms with Gasteiger partial charge in [0.15, 0.2) is 5.78 Å². The third-order valence-electron chi connectivity index (χ3n) is 4.76. The number of nitriles is 1. The van der Waals surface area contributed by atoms with Crippen LogP contribution in [0.15, 0.2) is 60.7 Å². The monoisotopic (exact) mass is 300 g/mol. The first kappa shape index (κ1) is 13.8. The number of anilines is 1. The maximum atomic E-state index is 13.0. The predicted octanol–water partition coefficient (Wildman–Crippen LogP) is 3.68. The first-order chi connectivity index (χ1) is 11.3. The smallest absolute Gasteiger partial charge is 0.185 e. The minimum absolute atomic E-state index is 0.0208. The minimum Gasteiger partial charge on any atom is -0.353 e. The lowest BCUT2D eigenvalue weighted by Gasteiger charge is -2.34. The van der Waals surface area contributed by atoms with E-state index in [1.54, 1.807) is 0 Å². The van der Waals surface area contributed by atoms with Crippen LogP contribution in [0.3, 0.4) is 0 Å². The molecule has 112 valence electrons. The highest BCUT2D eigenvalue weighted by Crippen LogP contribution is 2.41. The first-order valence-electron chi connectivity index (χ1n) is 7.84. The van der Waals surface area contributed by atoms with Gasteiger partial charge >= 0.3 is 0 Å². The molecule has 1 saturated heterocycles. The number of para-hydroxylation sites is 1. The van der Waals surface area contributed by atoms with E-state index in [1.165, 1.54) is 0 Å². The molecule has 4 rings (SSSR count). The van der Waals surface area contributed by atoms with Crippen LogP contribution in [0.1, 0.15) is 22.3 Å². The van der Waals surface area contributed by atoms with Crippen LogP contribution in [0.4, 0.5) is 5.69 Å². The molecule has 2 heterocycles. The number of carbonyl (C=O) groups excluding carboxylic acids is 1. The SMILES string of the molecule is N#C[C@@H]1C[C@H](C(=O)c2ccccc2)N2c3ccccc3C=C[C@H]12. The molecule has 23 heavy (non-hydrogen) atoms. The number of benzene rings is 2. The van der Waals surface area contributed by atoms with E-state index in [-0.39, 0.29) is 23.8 Å². The van der Waals surface area contributed by atoms with Crippen molar-refractivity contribution in [2.45, 2.75) is 18.5 Å². The van der Waals surface area contributed by atoms with E-state index in [0.717, 1.165) is 11.3 Å². The Morgan fingerprint density at radius 3 is 2.61 bits per heavy atom. The van der Waals surface area contributed by atoms with E-state index in [0.29, 0.717) is 12.0 Å². The van der Waals surface area contributed by atoms with Crippen LogP contribution in [0.2, 0.25) is 0 Å². The Balaban J connectivity index is 1.78. The van der Waals surface area contributed by atoms with Gasteiger partial charge in [0.1, 0.15) is 0 Å². The van der Waals surface area contributed by atoms with Crippen molar-refractivity contribution >= 4 is 17.5 Å². The number of carbonyl (C=O) groups is 1. The second-order valence-electron chi connectivity index (χ2n) is 6.03. The number of nitrogens with zero attached hydrogens (tertiary/aromatic N) is 2. The third kappa shape index (κ3) is 2.15. The lowest BCUT2D eigenvalue weighted by molar-refractivity contribution is 0.0961. The summed E-state index contributed by atoms with van der Waals surface area (Å²) in [5.41, 5.74) is 2.86. The Bertz CT molecular complexity index is 819. The average Bonchev–Trinajstić information content (AvgIpc) is 3.01. The number of hydrogen-bond donors (Lipinski definition) is 0. The van der Waals surface area contributed by atoms with Gasteiger partial charge in [-0.05, 0) is 18.1 Å². The summed E-state index contributed by atoms with van der Waals surface area (Å²) in [5.74, 6) is -0.0595. The molecule has 0 radical (unpaired) electrons. The number of rotatable bonds is 2. The number of hydrogen-bond acceptors (Lipinski definition) is 3. The molecule has 0 aromatic heterocycles. The molecule has 0 amide bonds. The summed E-state index contributed by atoms with van der Waals surface area (Å²) in [6.07, 6.45) is 4.71.